The van der Waals surface area contributed by atoms with Crippen LogP contribution in [-0.2, 0) is 16.1 Å². The SMILES string of the molecule is Cc1cccc(CN(C(=O)[C@H]2CN(C(=O)OC(C)(C)C)CC[C@@H]2c2cccc(OCC3COc4ccccc4O3)c2)C2CC2)c1C. The van der Waals surface area contributed by atoms with E-state index in [0.29, 0.717) is 39.3 Å². The Kier molecular flexibility index (Phi) is 9.16. The molecule has 2 heterocycles. The first kappa shape index (κ1) is 31.8. The molecule has 0 radical (unpaired) electrons. The van der Waals surface area contributed by atoms with Gasteiger partial charge in [0.25, 0.3) is 0 Å². The molecular weight excluding hydrogens is 580 g/mol. The van der Waals surface area contributed by atoms with Crippen LogP contribution in [0.2, 0.25) is 0 Å². The predicted molar refractivity (Wildman–Crippen MR) is 176 cm³/mol. The van der Waals surface area contributed by atoms with Crippen LogP contribution in [-0.4, -0.2) is 65.9 Å². The van der Waals surface area contributed by atoms with Crippen molar-refractivity contribution in [2.75, 3.05) is 26.3 Å². The summed E-state index contributed by atoms with van der Waals surface area (Å²) in [7, 11) is 0. The van der Waals surface area contributed by atoms with Gasteiger partial charge in [-0.15, -0.1) is 0 Å². The minimum absolute atomic E-state index is 0.0734. The molecule has 0 N–H and O–H groups in total. The predicted octanol–water partition coefficient (Wildman–Crippen LogP) is 7.05. The highest BCUT2D eigenvalue weighted by Gasteiger charge is 2.43. The van der Waals surface area contributed by atoms with Gasteiger partial charge in [0, 0.05) is 25.7 Å². The van der Waals surface area contributed by atoms with Gasteiger partial charge in [0.2, 0.25) is 5.91 Å². The Bertz CT molecular complexity index is 1560. The van der Waals surface area contributed by atoms with Crippen LogP contribution in [0.1, 0.15) is 68.2 Å². The normalized spacial score (nSPS) is 21.0. The van der Waals surface area contributed by atoms with Crippen molar-refractivity contribution in [3.8, 4) is 17.2 Å². The Morgan fingerprint density at radius 2 is 1.72 bits per heavy atom. The number of fused-ring (bicyclic) bond motifs is 1. The molecular formula is C38H46N2O6. The molecule has 8 heteroatoms. The topological polar surface area (TPSA) is 77.5 Å². The molecule has 8 nitrogen and oxygen atoms in total. The Hall–Kier alpha value is -4.20. The maximum atomic E-state index is 14.6. The van der Waals surface area contributed by atoms with Gasteiger partial charge >= 0.3 is 6.09 Å². The van der Waals surface area contributed by atoms with Gasteiger partial charge in [-0.25, -0.2) is 4.79 Å². The van der Waals surface area contributed by atoms with Gasteiger partial charge in [-0.1, -0.05) is 42.5 Å². The fourth-order valence-corrected chi connectivity index (χ4v) is 6.42. The van der Waals surface area contributed by atoms with Gasteiger partial charge in [-0.2, -0.15) is 0 Å². The number of likely N-dealkylation sites (tertiary alicyclic amines) is 1. The van der Waals surface area contributed by atoms with Crippen molar-refractivity contribution in [3.05, 3.63) is 89.0 Å². The summed E-state index contributed by atoms with van der Waals surface area (Å²) in [6.07, 6.45) is 2.05. The highest BCUT2D eigenvalue weighted by atomic mass is 16.6. The first-order valence-corrected chi connectivity index (χ1v) is 16.5. The minimum atomic E-state index is -0.614. The Morgan fingerprint density at radius 3 is 2.48 bits per heavy atom. The summed E-state index contributed by atoms with van der Waals surface area (Å²) in [6.45, 7) is 12.0. The molecule has 1 saturated carbocycles. The Morgan fingerprint density at radius 1 is 0.957 bits per heavy atom. The van der Waals surface area contributed by atoms with E-state index in [4.69, 9.17) is 18.9 Å². The van der Waals surface area contributed by atoms with Crippen LogP contribution in [0.3, 0.4) is 0 Å². The van der Waals surface area contributed by atoms with Gasteiger partial charge in [-0.3, -0.25) is 4.79 Å². The van der Waals surface area contributed by atoms with E-state index in [0.717, 1.165) is 35.7 Å². The number of amides is 2. The van der Waals surface area contributed by atoms with Crippen molar-refractivity contribution in [1.82, 2.24) is 9.80 Å². The number of carbonyl (C=O) groups is 2. The third-order valence-electron chi connectivity index (χ3n) is 9.20. The molecule has 3 aromatic carbocycles. The number of nitrogens with zero attached hydrogens (tertiary/aromatic N) is 2. The van der Waals surface area contributed by atoms with Crippen molar-refractivity contribution in [1.29, 1.82) is 0 Å². The summed E-state index contributed by atoms with van der Waals surface area (Å²) < 4.78 is 23.9. The van der Waals surface area contributed by atoms with Crippen molar-refractivity contribution < 1.29 is 28.5 Å². The quantitative estimate of drug-likeness (QED) is 0.267. The van der Waals surface area contributed by atoms with E-state index in [1.807, 2.05) is 63.2 Å². The lowest BCUT2D eigenvalue weighted by atomic mass is 9.79. The lowest BCUT2D eigenvalue weighted by Crippen LogP contribution is -2.51. The smallest absolute Gasteiger partial charge is 0.410 e. The number of ether oxygens (including phenoxy) is 4. The molecule has 1 aliphatic carbocycles. The van der Waals surface area contributed by atoms with E-state index in [-0.39, 0.29) is 30.1 Å². The molecule has 2 amide bonds. The number of piperidine rings is 1. The van der Waals surface area contributed by atoms with E-state index in [9.17, 15) is 9.59 Å². The van der Waals surface area contributed by atoms with Crippen LogP contribution in [0.5, 0.6) is 17.2 Å². The van der Waals surface area contributed by atoms with Crippen LogP contribution in [0, 0.1) is 19.8 Å². The summed E-state index contributed by atoms with van der Waals surface area (Å²) in [5.41, 5.74) is 4.03. The van der Waals surface area contributed by atoms with Crippen LogP contribution < -0.4 is 14.2 Å². The highest BCUT2D eigenvalue weighted by molar-refractivity contribution is 5.82. The number of aryl methyl sites for hydroxylation is 1. The number of carbonyl (C=O) groups excluding carboxylic acids is 2. The molecule has 3 aromatic rings. The van der Waals surface area contributed by atoms with Gasteiger partial charge in [0.1, 0.15) is 24.6 Å². The van der Waals surface area contributed by atoms with Crippen molar-refractivity contribution >= 4 is 12.0 Å². The highest BCUT2D eigenvalue weighted by Crippen LogP contribution is 2.39. The maximum absolute atomic E-state index is 14.6. The van der Waals surface area contributed by atoms with Crippen LogP contribution in [0.25, 0.3) is 0 Å². The molecule has 1 unspecified atom stereocenters. The van der Waals surface area contributed by atoms with Gasteiger partial charge < -0.3 is 28.7 Å². The maximum Gasteiger partial charge on any atom is 0.410 e. The second-order valence-electron chi connectivity index (χ2n) is 13.9. The fourth-order valence-electron chi connectivity index (χ4n) is 6.42. The number of hydrogen-bond acceptors (Lipinski definition) is 6. The van der Waals surface area contributed by atoms with E-state index in [2.05, 4.69) is 43.0 Å². The lowest BCUT2D eigenvalue weighted by molar-refractivity contribution is -0.139. The van der Waals surface area contributed by atoms with Crippen LogP contribution in [0.4, 0.5) is 4.79 Å². The van der Waals surface area contributed by atoms with Gasteiger partial charge in [-0.05, 0) is 106 Å². The zero-order valence-corrected chi connectivity index (χ0v) is 27.7. The molecule has 244 valence electrons. The summed E-state index contributed by atoms with van der Waals surface area (Å²) in [6, 6.07) is 22.2. The summed E-state index contributed by atoms with van der Waals surface area (Å²) in [4.78, 5) is 31.6. The zero-order valence-electron chi connectivity index (χ0n) is 27.7. The number of para-hydroxylation sites is 2. The van der Waals surface area contributed by atoms with Gasteiger partial charge in [0.15, 0.2) is 17.6 Å². The monoisotopic (exact) mass is 626 g/mol. The fraction of sp³-hybridized carbons (Fsp3) is 0.474. The van der Waals surface area contributed by atoms with E-state index >= 15 is 0 Å². The first-order chi connectivity index (χ1) is 22.1. The van der Waals surface area contributed by atoms with Crippen LogP contribution >= 0.6 is 0 Å². The molecule has 0 aromatic heterocycles. The Balaban J connectivity index is 1.22. The molecule has 2 aliphatic heterocycles. The standard InChI is InChI=1S/C38H46N2O6/c1-25-10-8-12-28(26(25)2)21-40(29-16-17-29)36(41)33-22-39(37(42)46-38(3,4)5)19-18-32(33)27-11-9-13-30(20-27)43-23-31-24-44-34-14-6-7-15-35(34)45-31/h6-15,20,29,31-33H,16-19,21-24H2,1-5H3/t31?,32-,33+/m1/s1. The molecule has 0 spiro atoms. The third-order valence-corrected chi connectivity index (χ3v) is 9.20. The average molecular weight is 627 g/mol. The van der Waals surface area contributed by atoms with Crippen molar-refractivity contribution in [3.63, 3.8) is 0 Å². The number of hydrogen-bond donors (Lipinski definition) is 0. The number of rotatable bonds is 8. The molecule has 2 fully saturated rings. The lowest BCUT2D eigenvalue weighted by Gasteiger charge is -2.40. The summed E-state index contributed by atoms with van der Waals surface area (Å²) in [5, 5.41) is 0. The summed E-state index contributed by atoms with van der Waals surface area (Å²) >= 11 is 0. The molecule has 1 saturated heterocycles. The second-order valence-corrected chi connectivity index (χ2v) is 13.9. The van der Waals surface area contributed by atoms with Crippen LogP contribution in [0.15, 0.2) is 66.7 Å². The van der Waals surface area contributed by atoms with Gasteiger partial charge in [0.05, 0.1) is 5.92 Å². The van der Waals surface area contributed by atoms with E-state index < -0.39 is 11.5 Å². The molecule has 3 aliphatic rings. The molecule has 0 bridgehead atoms. The largest absolute Gasteiger partial charge is 0.490 e. The second kappa shape index (κ2) is 13.3. The molecule has 3 atom stereocenters. The third kappa shape index (κ3) is 7.43. The average Bonchev–Trinajstić information content (AvgIpc) is 3.89. The van der Waals surface area contributed by atoms with E-state index in [1.165, 1.54) is 16.7 Å². The summed E-state index contributed by atoms with van der Waals surface area (Å²) in [5.74, 6) is 1.79. The van der Waals surface area contributed by atoms with Crippen molar-refractivity contribution in [2.45, 2.75) is 84.1 Å². The molecule has 6 rings (SSSR count). The minimum Gasteiger partial charge on any atom is -0.490 e. The van der Waals surface area contributed by atoms with Crippen molar-refractivity contribution in [2.24, 2.45) is 5.92 Å². The number of benzene rings is 3. The Labute approximate surface area is 272 Å². The molecule has 46 heavy (non-hydrogen) atoms. The zero-order chi connectivity index (χ0) is 32.4. The first-order valence-electron chi connectivity index (χ1n) is 16.5. The van der Waals surface area contributed by atoms with E-state index in [1.54, 1.807) is 4.90 Å².